The zero-order valence-electron chi connectivity index (χ0n) is 9.65. The Hall–Kier alpha value is -0.740. The van der Waals surface area contributed by atoms with Gasteiger partial charge in [-0.1, -0.05) is 6.92 Å². The minimum absolute atomic E-state index is 0.256. The molecule has 0 radical (unpaired) electrons. The number of benzene rings is 1. The van der Waals surface area contributed by atoms with Gasteiger partial charge < -0.3 is 9.84 Å². The molecule has 2 aliphatic rings. The molecule has 0 saturated carbocycles. The first-order valence-corrected chi connectivity index (χ1v) is 6.91. The van der Waals surface area contributed by atoms with E-state index in [0.717, 1.165) is 12.2 Å². The molecule has 4 heteroatoms. The molecule has 2 heterocycles. The van der Waals surface area contributed by atoms with Crippen molar-refractivity contribution in [1.29, 1.82) is 0 Å². The number of hydrogen-bond donors (Lipinski definition) is 1. The van der Waals surface area contributed by atoms with Crippen LogP contribution in [-0.4, -0.2) is 21.7 Å². The van der Waals surface area contributed by atoms with Crippen LogP contribution < -0.4 is 4.74 Å². The Morgan fingerprint density at radius 1 is 1.47 bits per heavy atom. The third-order valence-electron chi connectivity index (χ3n) is 3.51. The first-order chi connectivity index (χ1) is 8.08. The van der Waals surface area contributed by atoms with Crippen LogP contribution in [0.5, 0.6) is 5.75 Å². The van der Waals surface area contributed by atoms with Gasteiger partial charge in [0.2, 0.25) is 0 Å². The summed E-state index contributed by atoms with van der Waals surface area (Å²) < 4.78 is 19.2. The highest BCUT2D eigenvalue weighted by Gasteiger charge is 2.45. The quantitative estimate of drug-likeness (QED) is 0.772. The van der Waals surface area contributed by atoms with Gasteiger partial charge in [0.15, 0.2) is 0 Å². The molecule has 92 valence electrons. The molecule has 0 aliphatic carbocycles. The Balaban J connectivity index is 1.96. The topological polar surface area (TPSA) is 29.5 Å². The fourth-order valence-corrected chi connectivity index (χ4v) is 4.06. The van der Waals surface area contributed by atoms with Crippen LogP contribution in [0.1, 0.15) is 31.4 Å². The van der Waals surface area contributed by atoms with E-state index in [0.29, 0.717) is 23.0 Å². The highest BCUT2D eigenvalue weighted by Crippen LogP contribution is 2.48. The highest BCUT2D eigenvalue weighted by molar-refractivity contribution is 8.00. The van der Waals surface area contributed by atoms with Gasteiger partial charge in [-0.3, -0.25) is 0 Å². The van der Waals surface area contributed by atoms with Gasteiger partial charge in [0.05, 0.1) is 6.10 Å². The van der Waals surface area contributed by atoms with Crippen molar-refractivity contribution in [3.63, 3.8) is 0 Å². The van der Waals surface area contributed by atoms with Crippen LogP contribution in [0, 0.1) is 5.82 Å². The van der Waals surface area contributed by atoms with E-state index in [-0.39, 0.29) is 11.4 Å². The van der Waals surface area contributed by atoms with Gasteiger partial charge in [-0.15, -0.1) is 0 Å². The molecule has 0 amide bonds. The first kappa shape index (κ1) is 11.4. The van der Waals surface area contributed by atoms with E-state index in [1.165, 1.54) is 12.1 Å². The minimum Gasteiger partial charge on any atom is -0.486 e. The Morgan fingerprint density at radius 2 is 2.29 bits per heavy atom. The van der Waals surface area contributed by atoms with Gasteiger partial charge in [0.1, 0.15) is 17.2 Å². The molecule has 3 atom stereocenters. The third-order valence-corrected chi connectivity index (χ3v) is 4.94. The number of halogens is 1. The largest absolute Gasteiger partial charge is 0.486 e. The van der Waals surface area contributed by atoms with E-state index in [2.05, 4.69) is 6.92 Å². The average Bonchev–Trinajstić information content (AvgIpc) is 2.61. The monoisotopic (exact) mass is 254 g/mol. The molecule has 2 nitrogen and oxygen atoms in total. The number of aliphatic hydroxyl groups excluding tert-OH is 1. The van der Waals surface area contributed by atoms with Crippen molar-refractivity contribution in [2.24, 2.45) is 0 Å². The summed E-state index contributed by atoms with van der Waals surface area (Å²) >= 11 is 1.87. The summed E-state index contributed by atoms with van der Waals surface area (Å²) in [4.78, 5) is 0. The second-order valence-electron chi connectivity index (χ2n) is 5.01. The fraction of sp³-hybridized carbons (Fsp3) is 0.538. The maximum absolute atomic E-state index is 13.1. The zero-order valence-corrected chi connectivity index (χ0v) is 10.5. The van der Waals surface area contributed by atoms with Crippen molar-refractivity contribution in [3.8, 4) is 5.75 Å². The molecule has 0 bridgehead atoms. The van der Waals surface area contributed by atoms with Crippen LogP contribution in [0.3, 0.4) is 0 Å². The molecule has 17 heavy (non-hydrogen) atoms. The van der Waals surface area contributed by atoms with E-state index in [9.17, 15) is 9.50 Å². The summed E-state index contributed by atoms with van der Waals surface area (Å²) in [6, 6.07) is 4.39. The van der Waals surface area contributed by atoms with Crippen LogP contribution in [-0.2, 0) is 0 Å². The van der Waals surface area contributed by atoms with Crippen LogP contribution in [0.25, 0.3) is 0 Å². The van der Waals surface area contributed by atoms with E-state index in [1.807, 2.05) is 11.8 Å². The normalized spacial score (nSPS) is 35.7. The lowest BCUT2D eigenvalue weighted by Gasteiger charge is -2.37. The van der Waals surface area contributed by atoms with Crippen molar-refractivity contribution in [2.75, 3.05) is 5.75 Å². The van der Waals surface area contributed by atoms with Crippen molar-refractivity contribution >= 4 is 11.8 Å². The lowest BCUT2D eigenvalue weighted by atomic mass is 9.87. The van der Waals surface area contributed by atoms with Gasteiger partial charge in [-0.05, 0) is 24.6 Å². The molecule has 0 aromatic heterocycles. The van der Waals surface area contributed by atoms with E-state index >= 15 is 0 Å². The molecule has 1 saturated heterocycles. The molecular weight excluding hydrogens is 239 g/mol. The van der Waals surface area contributed by atoms with Crippen LogP contribution in [0.15, 0.2) is 18.2 Å². The number of ether oxygens (including phenoxy) is 1. The van der Waals surface area contributed by atoms with Crippen LogP contribution in [0.2, 0.25) is 0 Å². The smallest absolute Gasteiger partial charge is 0.126 e. The van der Waals surface area contributed by atoms with Crippen LogP contribution >= 0.6 is 11.8 Å². The van der Waals surface area contributed by atoms with E-state index < -0.39 is 6.10 Å². The highest BCUT2D eigenvalue weighted by atomic mass is 32.2. The Kier molecular flexibility index (Phi) is 2.60. The summed E-state index contributed by atoms with van der Waals surface area (Å²) in [5.74, 6) is 1.22. The average molecular weight is 254 g/mol. The SMILES string of the molecule is CC1CC2(CS1)CC(O)c1cc(F)ccc1O2. The molecule has 1 aromatic carbocycles. The Bertz CT molecular complexity index is 451. The first-order valence-electron chi connectivity index (χ1n) is 5.86. The Labute approximate surface area is 104 Å². The van der Waals surface area contributed by atoms with Crippen molar-refractivity contribution in [2.45, 2.75) is 36.7 Å². The molecule has 2 aliphatic heterocycles. The van der Waals surface area contributed by atoms with Gasteiger partial charge >= 0.3 is 0 Å². The maximum atomic E-state index is 13.1. The molecule has 3 rings (SSSR count). The van der Waals surface area contributed by atoms with Crippen molar-refractivity contribution in [3.05, 3.63) is 29.6 Å². The number of thioether (sulfide) groups is 1. The third kappa shape index (κ3) is 1.93. The van der Waals surface area contributed by atoms with Crippen molar-refractivity contribution in [1.82, 2.24) is 0 Å². The molecule has 3 unspecified atom stereocenters. The second-order valence-corrected chi connectivity index (χ2v) is 6.44. The van der Waals surface area contributed by atoms with Gasteiger partial charge in [0.25, 0.3) is 0 Å². The molecule has 1 spiro atoms. The number of fused-ring (bicyclic) bond motifs is 1. The van der Waals surface area contributed by atoms with E-state index in [4.69, 9.17) is 4.74 Å². The second kappa shape index (κ2) is 3.89. The summed E-state index contributed by atoms with van der Waals surface area (Å²) in [6.45, 7) is 2.18. The predicted molar refractivity (Wildman–Crippen MR) is 65.9 cm³/mol. The summed E-state index contributed by atoms with van der Waals surface area (Å²) in [6.07, 6.45) is 0.909. The van der Waals surface area contributed by atoms with Crippen LogP contribution in [0.4, 0.5) is 4.39 Å². The summed E-state index contributed by atoms with van der Waals surface area (Å²) in [5.41, 5.74) is 0.328. The molecule has 1 fully saturated rings. The Morgan fingerprint density at radius 3 is 3.00 bits per heavy atom. The van der Waals surface area contributed by atoms with Gasteiger partial charge in [-0.2, -0.15) is 11.8 Å². The summed E-state index contributed by atoms with van der Waals surface area (Å²) in [7, 11) is 0. The lowest BCUT2D eigenvalue weighted by Crippen LogP contribution is -2.41. The van der Waals surface area contributed by atoms with Gasteiger partial charge in [0, 0.05) is 23.0 Å². The number of hydrogen-bond acceptors (Lipinski definition) is 3. The molecule has 1 N–H and O–H groups in total. The molecule has 1 aromatic rings. The van der Waals surface area contributed by atoms with E-state index in [1.54, 1.807) is 6.07 Å². The predicted octanol–water partition coefficient (Wildman–Crippen LogP) is 2.91. The molecular formula is C13H15FO2S. The number of rotatable bonds is 0. The zero-order chi connectivity index (χ0) is 12.0. The number of aliphatic hydroxyl groups is 1. The fourth-order valence-electron chi connectivity index (χ4n) is 2.76. The lowest BCUT2D eigenvalue weighted by molar-refractivity contribution is 0.00125. The maximum Gasteiger partial charge on any atom is 0.126 e. The summed E-state index contributed by atoms with van der Waals surface area (Å²) in [5, 5.41) is 10.7. The minimum atomic E-state index is -0.611. The van der Waals surface area contributed by atoms with Crippen molar-refractivity contribution < 1.29 is 14.2 Å². The standard InChI is InChI=1S/C13H15FO2S/c1-8-5-13(7-17-8)6-11(15)10-4-9(14)2-3-12(10)16-13/h2-4,8,11,15H,5-7H2,1H3. The van der Waals surface area contributed by atoms with Gasteiger partial charge in [-0.25, -0.2) is 4.39 Å².